The Morgan fingerprint density at radius 1 is 0.806 bits per heavy atom. The van der Waals surface area contributed by atoms with Crippen molar-refractivity contribution in [1.29, 1.82) is 0 Å². The summed E-state index contributed by atoms with van der Waals surface area (Å²) in [7, 11) is 0. The van der Waals surface area contributed by atoms with Gasteiger partial charge in [-0.3, -0.25) is 14.4 Å². The van der Waals surface area contributed by atoms with Gasteiger partial charge in [0.25, 0.3) is 5.91 Å². The number of benzene rings is 3. The van der Waals surface area contributed by atoms with Crippen LogP contribution in [0, 0.1) is 12.8 Å². The number of fused-ring (bicyclic) bond motifs is 1. The highest BCUT2D eigenvalue weighted by Crippen LogP contribution is 2.48. The molecule has 0 radical (unpaired) electrons. The van der Waals surface area contributed by atoms with Gasteiger partial charge in [-0.05, 0) is 67.1 Å². The van der Waals surface area contributed by atoms with Gasteiger partial charge in [-0.2, -0.15) is 0 Å². The molecule has 180 valence electrons. The summed E-state index contributed by atoms with van der Waals surface area (Å²) >= 11 is 12.5. The second-order valence-corrected chi connectivity index (χ2v) is 9.68. The number of aryl methyl sites for hydroxylation is 1. The van der Waals surface area contributed by atoms with Crippen LogP contribution in [0.4, 0.5) is 11.4 Å². The van der Waals surface area contributed by atoms with E-state index in [-0.39, 0.29) is 5.91 Å². The first-order valence-corrected chi connectivity index (χ1v) is 12.2. The zero-order valence-electron chi connectivity index (χ0n) is 19.1. The molecule has 2 amide bonds. The van der Waals surface area contributed by atoms with E-state index in [0.29, 0.717) is 38.5 Å². The van der Waals surface area contributed by atoms with Gasteiger partial charge in [0.15, 0.2) is 6.10 Å². The summed E-state index contributed by atoms with van der Waals surface area (Å²) in [4.78, 5) is 34.6. The predicted molar refractivity (Wildman–Crippen MR) is 138 cm³/mol. The molecule has 0 aliphatic carbocycles. The number of rotatable bonds is 4. The van der Waals surface area contributed by atoms with Crippen LogP contribution in [0.25, 0.3) is 11.3 Å². The first kappa shape index (κ1) is 22.9. The fraction of sp³-hybridized carbons (Fsp3) is 0.143. The van der Waals surface area contributed by atoms with Crippen LogP contribution in [0.15, 0.2) is 89.3 Å². The van der Waals surface area contributed by atoms with Crippen LogP contribution in [0.2, 0.25) is 10.0 Å². The van der Waals surface area contributed by atoms with Crippen molar-refractivity contribution in [2.45, 2.75) is 19.1 Å². The third kappa shape index (κ3) is 3.69. The molecule has 2 saturated heterocycles. The zero-order valence-corrected chi connectivity index (χ0v) is 20.6. The minimum absolute atomic E-state index is 0.332. The van der Waals surface area contributed by atoms with Gasteiger partial charge in [-0.25, -0.2) is 9.96 Å². The standard InChI is InChI=1S/C28H20Cl2N2O4/c1-16-6-5-9-19(14-16)31-27(33)24-25(32(36-26(24)28(31)34)18-7-3-2-4-8-18)23-13-12-22(35-23)20-11-10-17(29)15-21(20)30/h2-15,24-26H,1H3/t24-,25-,26-/m0/s1. The van der Waals surface area contributed by atoms with Crippen LogP contribution < -0.4 is 9.96 Å². The fourth-order valence-corrected chi connectivity index (χ4v) is 5.37. The van der Waals surface area contributed by atoms with E-state index in [9.17, 15) is 9.59 Å². The molecular weight excluding hydrogens is 499 g/mol. The van der Waals surface area contributed by atoms with Crippen LogP contribution in [-0.2, 0) is 14.4 Å². The number of anilines is 2. The molecule has 0 unspecified atom stereocenters. The summed E-state index contributed by atoms with van der Waals surface area (Å²) in [6.45, 7) is 1.91. The molecule has 36 heavy (non-hydrogen) atoms. The lowest BCUT2D eigenvalue weighted by Crippen LogP contribution is -2.37. The number of hydroxylamine groups is 1. The fourth-order valence-electron chi connectivity index (χ4n) is 4.87. The number of furan rings is 1. The lowest BCUT2D eigenvalue weighted by atomic mass is 9.94. The lowest BCUT2D eigenvalue weighted by Gasteiger charge is -2.27. The molecule has 1 aromatic heterocycles. The van der Waals surface area contributed by atoms with E-state index < -0.39 is 24.0 Å². The molecular formula is C28H20Cl2N2O4. The van der Waals surface area contributed by atoms with E-state index in [4.69, 9.17) is 32.5 Å². The molecule has 3 aromatic carbocycles. The van der Waals surface area contributed by atoms with Gasteiger partial charge < -0.3 is 4.42 Å². The summed E-state index contributed by atoms with van der Waals surface area (Å²) in [5, 5.41) is 2.57. The topological polar surface area (TPSA) is 63.0 Å². The Hall–Kier alpha value is -3.58. The molecule has 4 aromatic rings. The third-order valence-electron chi connectivity index (χ3n) is 6.50. The number of amides is 2. The van der Waals surface area contributed by atoms with Crippen molar-refractivity contribution in [3.63, 3.8) is 0 Å². The Kier molecular flexibility index (Phi) is 5.60. The van der Waals surface area contributed by atoms with Crippen LogP contribution >= 0.6 is 23.2 Å². The highest BCUT2D eigenvalue weighted by atomic mass is 35.5. The largest absolute Gasteiger partial charge is 0.459 e. The van der Waals surface area contributed by atoms with E-state index >= 15 is 0 Å². The molecule has 2 fully saturated rings. The number of hydrogen-bond donors (Lipinski definition) is 0. The summed E-state index contributed by atoms with van der Waals surface area (Å²) in [6, 6.07) is 24.7. The Morgan fingerprint density at radius 3 is 2.33 bits per heavy atom. The van der Waals surface area contributed by atoms with Crippen molar-refractivity contribution in [1.82, 2.24) is 0 Å². The second kappa shape index (κ2) is 8.82. The van der Waals surface area contributed by atoms with Crippen LogP contribution in [-0.4, -0.2) is 17.9 Å². The molecule has 0 N–H and O–H groups in total. The number of imide groups is 1. The van der Waals surface area contributed by atoms with Gasteiger partial charge in [-0.1, -0.05) is 53.5 Å². The molecule has 2 aliphatic heterocycles. The second-order valence-electron chi connectivity index (χ2n) is 8.84. The quantitative estimate of drug-likeness (QED) is 0.284. The minimum atomic E-state index is -0.976. The Bertz CT molecular complexity index is 1490. The third-order valence-corrected chi connectivity index (χ3v) is 7.05. The van der Waals surface area contributed by atoms with Gasteiger partial charge in [0.2, 0.25) is 5.91 Å². The van der Waals surface area contributed by atoms with Crippen molar-refractivity contribution < 1.29 is 18.8 Å². The molecule has 0 saturated carbocycles. The number of halogens is 2. The normalized spacial score (nSPS) is 21.4. The van der Waals surface area contributed by atoms with Crippen molar-refractivity contribution >= 4 is 46.4 Å². The SMILES string of the molecule is Cc1cccc(N2C(=O)[C@@H]3[C@H](ON(c4ccccc4)[C@H]3c3ccc(-c4ccc(Cl)cc4Cl)o3)C2=O)c1. The number of hydrogen-bond acceptors (Lipinski definition) is 5. The van der Waals surface area contributed by atoms with E-state index in [0.717, 1.165) is 5.56 Å². The molecule has 3 atom stereocenters. The predicted octanol–water partition coefficient (Wildman–Crippen LogP) is 6.61. The van der Waals surface area contributed by atoms with E-state index in [1.807, 2.05) is 55.5 Å². The molecule has 0 spiro atoms. The highest BCUT2D eigenvalue weighted by molar-refractivity contribution is 6.36. The van der Waals surface area contributed by atoms with Crippen LogP contribution in [0.3, 0.4) is 0 Å². The van der Waals surface area contributed by atoms with Crippen molar-refractivity contribution in [2.75, 3.05) is 9.96 Å². The van der Waals surface area contributed by atoms with E-state index in [2.05, 4.69) is 0 Å². The van der Waals surface area contributed by atoms with E-state index in [1.54, 1.807) is 41.5 Å². The maximum absolute atomic E-state index is 13.8. The average Bonchev–Trinajstić information content (AvgIpc) is 3.55. The Morgan fingerprint density at radius 2 is 1.58 bits per heavy atom. The number of nitrogens with zero attached hydrogens (tertiary/aromatic N) is 2. The van der Waals surface area contributed by atoms with Gasteiger partial charge in [-0.15, -0.1) is 0 Å². The summed E-state index contributed by atoms with van der Waals surface area (Å²) < 4.78 is 6.25. The maximum Gasteiger partial charge on any atom is 0.266 e. The van der Waals surface area contributed by atoms with Crippen LogP contribution in [0.5, 0.6) is 0 Å². The van der Waals surface area contributed by atoms with Gasteiger partial charge in [0.1, 0.15) is 23.5 Å². The molecule has 2 aliphatic rings. The number of carbonyl (C=O) groups is 2. The summed E-state index contributed by atoms with van der Waals surface area (Å²) in [5.41, 5.74) is 2.86. The zero-order chi connectivity index (χ0) is 25.0. The summed E-state index contributed by atoms with van der Waals surface area (Å²) in [6.07, 6.45) is -0.976. The molecule has 8 heteroatoms. The maximum atomic E-state index is 13.8. The van der Waals surface area contributed by atoms with Gasteiger partial charge in [0, 0.05) is 10.6 Å². The van der Waals surface area contributed by atoms with Crippen molar-refractivity contribution in [2.24, 2.45) is 5.92 Å². The first-order chi connectivity index (χ1) is 17.4. The lowest BCUT2D eigenvalue weighted by molar-refractivity contribution is -0.126. The van der Waals surface area contributed by atoms with Gasteiger partial charge >= 0.3 is 0 Å². The van der Waals surface area contributed by atoms with Crippen molar-refractivity contribution in [3.05, 3.63) is 106 Å². The Balaban J connectivity index is 1.43. The first-order valence-electron chi connectivity index (χ1n) is 11.4. The molecule has 6 nitrogen and oxygen atoms in total. The molecule has 6 rings (SSSR count). The monoisotopic (exact) mass is 518 g/mol. The highest BCUT2D eigenvalue weighted by Gasteiger charge is 2.61. The number of carbonyl (C=O) groups excluding carboxylic acids is 2. The number of para-hydroxylation sites is 1. The molecule has 3 heterocycles. The summed E-state index contributed by atoms with van der Waals surface area (Å²) in [5.74, 6) is -0.513. The van der Waals surface area contributed by atoms with Crippen molar-refractivity contribution in [3.8, 4) is 11.3 Å². The van der Waals surface area contributed by atoms with E-state index in [1.165, 1.54) is 4.90 Å². The molecule has 0 bridgehead atoms. The van der Waals surface area contributed by atoms with Gasteiger partial charge in [0.05, 0.1) is 16.4 Å². The average molecular weight is 519 g/mol. The smallest absolute Gasteiger partial charge is 0.266 e. The minimum Gasteiger partial charge on any atom is -0.459 e. The van der Waals surface area contributed by atoms with Crippen LogP contribution in [0.1, 0.15) is 17.4 Å². The Labute approximate surface area is 217 Å².